The Morgan fingerprint density at radius 2 is 1.92 bits per heavy atom. The average molecular weight is 478 g/mol. The Morgan fingerprint density at radius 1 is 1.24 bits per heavy atom. The summed E-state index contributed by atoms with van der Waals surface area (Å²) >= 11 is 5.89. The molecule has 8 heteroatoms. The van der Waals surface area contributed by atoms with Gasteiger partial charge in [0.1, 0.15) is 6.54 Å². The predicted octanol–water partition coefficient (Wildman–Crippen LogP) is 4.11. The highest BCUT2D eigenvalue weighted by atomic mass is 127. The van der Waals surface area contributed by atoms with E-state index in [1.807, 2.05) is 19.1 Å². The molecule has 0 spiro atoms. The Hall–Kier alpha value is -1.35. The molecule has 2 N–H and O–H groups in total. The molecule has 25 heavy (non-hydrogen) atoms. The summed E-state index contributed by atoms with van der Waals surface area (Å²) in [7, 11) is 0. The molecule has 0 aliphatic heterocycles. The van der Waals surface area contributed by atoms with E-state index in [9.17, 15) is 0 Å². The number of nitrogens with zero attached hydrogens (tertiary/aromatic N) is 3. The number of rotatable bonds is 6. The molecular formula is C17H25ClIN5O. The molecule has 0 radical (unpaired) electrons. The maximum absolute atomic E-state index is 5.89. The lowest BCUT2D eigenvalue weighted by atomic mass is 10.1. The second-order valence-electron chi connectivity index (χ2n) is 5.89. The van der Waals surface area contributed by atoms with Crippen LogP contribution in [0.25, 0.3) is 11.4 Å². The first-order chi connectivity index (χ1) is 11.5. The second-order valence-corrected chi connectivity index (χ2v) is 6.33. The van der Waals surface area contributed by atoms with E-state index >= 15 is 0 Å². The van der Waals surface area contributed by atoms with Gasteiger partial charge >= 0.3 is 0 Å². The normalized spacial score (nSPS) is 12.6. The van der Waals surface area contributed by atoms with E-state index in [-0.39, 0.29) is 24.0 Å². The van der Waals surface area contributed by atoms with Crippen LogP contribution in [0.3, 0.4) is 0 Å². The van der Waals surface area contributed by atoms with Gasteiger partial charge in [0.15, 0.2) is 5.96 Å². The highest BCUT2D eigenvalue weighted by molar-refractivity contribution is 14.0. The van der Waals surface area contributed by atoms with E-state index in [4.69, 9.17) is 16.1 Å². The lowest BCUT2D eigenvalue weighted by molar-refractivity contribution is 0.380. The first kappa shape index (κ1) is 21.7. The minimum absolute atomic E-state index is 0. The van der Waals surface area contributed by atoms with E-state index in [1.165, 1.54) is 0 Å². The summed E-state index contributed by atoms with van der Waals surface area (Å²) in [6.45, 7) is 9.60. The quantitative estimate of drug-likeness (QED) is 0.372. The fourth-order valence-corrected chi connectivity index (χ4v) is 2.01. The van der Waals surface area contributed by atoms with Crippen molar-refractivity contribution in [1.82, 2.24) is 20.8 Å². The molecule has 0 saturated heterocycles. The number of guanidine groups is 1. The van der Waals surface area contributed by atoms with Crippen LogP contribution in [-0.2, 0) is 6.54 Å². The zero-order chi connectivity index (χ0) is 17.5. The molecule has 0 aliphatic carbocycles. The summed E-state index contributed by atoms with van der Waals surface area (Å²) in [4.78, 5) is 8.88. The number of hydrogen-bond acceptors (Lipinski definition) is 4. The highest BCUT2D eigenvalue weighted by Gasteiger charge is 2.11. The molecule has 1 aromatic heterocycles. The first-order valence-electron chi connectivity index (χ1n) is 8.13. The van der Waals surface area contributed by atoms with Crippen molar-refractivity contribution >= 4 is 41.5 Å². The molecule has 0 bridgehead atoms. The number of nitrogens with one attached hydrogen (secondary N) is 2. The molecule has 2 aromatic rings. The number of benzene rings is 1. The van der Waals surface area contributed by atoms with Gasteiger partial charge in [-0.1, -0.05) is 30.6 Å². The van der Waals surface area contributed by atoms with Gasteiger partial charge in [-0.05, 0) is 44.0 Å². The van der Waals surface area contributed by atoms with Gasteiger partial charge in [0.25, 0.3) is 0 Å². The van der Waals surface area contributed by atoms with E-state index in [1.54, 1.807) is 12.1 Å². The van der Waals surface area contributed by atoms with Gasteiger partial charge in [-0.3, -0.25) is 0 Å². The Labute approximate surface area is 170 Å². The van der Waals surface area contributed by atoms with Gasteiger partial charge in [-0.15, -0.1) is 24.0 Å². The van der Waals surface area contributed by atoms with Crippen LogP contribution in [0.15, 0.2) is 33.8 Å². The van der Waals surface area contributed by atoms with Gasteiger partial charge in [0.05, 0.1) is 0 Å². The third-order valence-electron chi connectivity index (χ3n) is 3.65. The van der Waals surface area contributed by atoms with Crippen molar-refractivity contribution in [2.45, 2.75) is 40.3 Å². The van der Waals surface area contributed by atoms with Crippen LogP contribution in [-0.4, -0.2) is 28.7 Å². The standard InChI is InChI=1S/C17H24ClN5O.HI/c1-5-19-17(21-12(4)11(2)3)20-10-15-22-16(23-24-15)13-6-8-14(18)9-7-13;/h6-9,11-12H,5,10H2,1-4H3,(H2,19,20,21);1H. The van der Waals surface area contributed by atoms with Gasteiger partial charge < -0.3 is 15.2 Å². The van der Waals surface area contributed by atoms with Crippen LogP contribution in [0.4, 0.5) is 0 Å². The Bertz CT molecular complexity index is 672. The van der Waals surface area contributed by atoms with Crippen molar-refractivity contribution < 1.29 is 4.52 Å². The first-order valence-corrected chi connectivity index (χ1v) is 8.50. The monoisotopic (exact) mass is 477 g/mol. The smallest absolute Gasteiger partial charge is 0.248 e. The fourth-order valence-electron chi connectivity index (χ4n) is 1.88. The molecule has 6 nitrogen and oxygen atoms in total. The Kier molecular flexibility index (Phi) is 9.20. The molecule has 1 aromatic carbocycles. The van der Waals surface area contributed by atoms with Crippen LogP contribution in [0.2, 0.25) is 5.02 Å². The summed E-state index contributed by atoms with van der Waals surface area (Å²) in [6.07, 6.45) is 0. The molecule has 1 unspecified atom stereocenters. The summed E-state index contributed by atoms with van der Waals surface area (Å²) in [5.74, 6) is 2.25. The molecule has 0 amide bonds. The summed E-state index contributed by atoms with van der Waals surface area (Å²) in [5.41, 5.74) is 0.858. The zero-order valence-corrected chi connectivity index (χ0v) is 18.0. The minimum Gasteiger partial charge on any atom is -0.357 e. The van der Waals surface area contributed by atoms with Crippen LogP contribution >= 0.6 is 35.6 Å². The van der Waals surface area contributed by atoms with Gasteiger partial charge in [0, 0.05) is 23.2 Å². The minimum atomic E-state index is 0. The number of halogens is 2. The molecule has 2 rings (SSSR count). The van der Waals surface area contributed by atoms with Crippen LogP contribution < -0.4 is 10.6 Å². The summed E-state index contributed by atoms with van der Waals surface area (Å²) < 4.78 is 5.27. The lowest BCUT2D eigenvalue weighted by Crippen LogP contribution is -2.44. The topological polar surface area (TPSA) is 75.3 Å². The second kappa shape index (κ2) is 10.6. The van der Waals surface area contributed by atoms with Crippen molar-refractivity contribution in [3.63, 3.8) is 0 Å². The van der Waals surface area contributed by atoms with Crippen LogP contribution in [0, 0.1) is 5.92 Å². The molecule has 0 fully saturated rings. The largest absolute Gasteiger partial charge is 0.357 e. The van der Waals surface area contributed by atoms with Crippen LogP contribution in [0.5, 0.6) is 0 Å². The van der Waals surface area contributed by atoms with Crippen LogP contribution in [0.1, 0.15) is 33.6 Å². The summed E-state index contributed by atoms with van der Waals surface area (Å²) in [5, 5.41) is 11.2. The fraction of sp³-hybridized carbons (Fsp3) is 0.471. The average Bonchev–Trinajstić information content (AvgIpc) is 3.02. The third kappa shape index (κ3) is 6.81. The molecule has 0 saturated carbocycles. The van der Waals surface area contributed by atoms with Gasteiger partial charge in [0.2, 0.25) is 11.7 Å². The third-order valence-corrected chi connectivity index (χ3v) is 3.90. The Morgan fingerprint density at radius 3 is 2.52 bits per heavy atom. The van der Waals surface area contributed by atoms with Gasteiger partial charge in [-0.2, -0.15) is 4.98 Å². The maximum atomic E-state index is 5.89. The maximum Gasteiger partial charge on any atom is 0.248 e. The molecular weight excluding hydrogens is 453 g/mol. The predicted molar refractivity (Wildman–Crippen MR) is 112 cm³/mol. The van der Waals surface area contributed by atoms with E-state index < -0.39 is 0 Å². The van der Waals surface area contributed by atoms with Gasteiger partial charge in [-0.25, -0.2) is 4.99 Å². The van der Waals surface area contributed by atoms with Crippen molar-refractivity contribution in [3.8, 4) is 11.4 Å². The van der Waals surface area contributed by atoms with E-state index in [2.05, 4.69) is 46.5 Å². The van der Waals surface area contributed by atoms with Crippen molar-refractivity contribution in [1.29, 1.82) is 0 Å². The Balaban J connectivity index is 0.00000312. The zero-order valence-electron chi connectivity index (χ0n) is 14.9. The molecule has 1 heterocycles. The lowest BCUT2D eigenvalue weighted by Gasteiger charge is -2.20. The molecule has 0 aliphatic rings. The molecule has 138 valence electrons. The number of hydrogen-bond donors (Lipinski definition) is 2. The summed E-state index contributed by atoms with van der Waals surface area (Å²) in [6, 6.07) is 7.62. The van der Waals surface area contributed by atoms with E-state index in [0.29, 0.717) is 35.2 Å². The van der Waals surface area contributed by atoms with Crippen molar-refractivity contribution in [2.24, 2.45) is 10.9 Å². The molecule has 1 atom stereocenters. The highest BCUT2D eigenvalue weighted by Crippen LogP contribution is 2.18. The SMILES string of the molecule is CCNC(=NCc1nc(-c2ccc(Cl)cc2)no1)NC(C)C(C)C.I. The number of aliphatic imine (C=N–C) groups is 1. The van der Waals surface area contributed by atoms with E-state index in [0.717, 1.165) is 18.1 Å². The number of aromatic nitrogens is 2. The van der Waals surface area contributed by atoms with Crippen molar-refractivity contribution in [2.75, 3.05) is 6.54 Å². The van der Waals surface area contributed by atoms with Crippen molar-refractivity contribution in [3.05, 3.63) is 35.2 Å².